The highest BCUT2D eigenvalue weighted by molar-refractivity contribution is 6.33. The van der Waals surface area contributed by atoms with E-state index in [1.54, 1.807) is 0 Å². The number of hydrogen-bond acceptors (Lipinski definition) is 3. The van der Waals surface area contributed by atoms with Gasteiger partial charge in [0.25, 0.3) is 5.91 Å². The molecule has 4 fully saturated rings. The second-order valence-electron chi connectivity index (χ2n) is 9.76. The van der Waals surface area contributed by atoms with Gasteiger partial charge in [-0.15, -0.1) is 0 Å². The zero-order valence-electron chi connectivity index (χ0n) is 16.5. The molecule has 0 unspecified atom stereocenters. The Balaban J connectivity index is 1.25. The van der Waals surface area contributed by atoms with Crippen LogP contribution in [0.3, 0.4) is 0 Å². The van der Waals surface area contributed by atoms with Crippen LogP contribution in [0.15, 0.2) is 23.2 Å². The third-order valence-electron chi connectivity index (χ3n) is 7.43. The molecular formula is C23H30ClN3O. The lowest BCUT2D eigenvalue weighted by Crippen LogP contribution is -2.51. The number of hydrogen-bond donors (Lipinski definition) is 1. The minimum absolute atomic E-state index is 0.0186. The van der Waals surface area contributed by atoms with Crippen molar-refractivity contribution >= 4 is 23.8 Å². The Morgan fingerprint density at radius 2 is 1.89 bits per heavy atom. The lowest BCUT2D eigenvalue weighted by atomic mass is 9.49. The maximum Gasteiger partial charge on any atom is 0.252 e. The van der Waals surface area contributed by atoms with Gasteiger partial charge in [0, 0.05) is 26.2 Å². The molecule has 1 heterocycles. The molecule has 5 heteroatoms. The number of rotatable bonds is 5. The van der Waals surface area contributed by atoms with Crippen molar-refractivity contribution in [2.75, 3.05) is 19.6 Å². The quantitative estimate of drug-likeness (QED) is 0.791. The summed E-state index contributed by atoms with van der Waals surface area (Å²) in [4.78, 5) is 19.5. The Morgan fingerprint density at radius 1 is 1.18 bits per heavy atom. The molecule has 1 N–H and O–H groups in total. The number of nitrogens with zero attached hydrogens (tertiary/aromatic N) is 2. The molecule has 0 aromatic heterocycles. The summed E-state index contributed by atoms with van der Waals surface area (Å²) in [5, 5.41) is 3.81. The first-order valence-corrected chi connectivity index (χ1v) is 11.3. The van der Waals surface area contributed by atoms with Gasteiger partial charge in [-0.25, -0.2) is 0 Å². The SMILES string of the molecule is O=C(NCC12CC3CC(CC(C3)C1)C2)c1cc(CN2C=NCCC2)ccc1Cl. The Hall–Kier alpha value is -1.55. The first-order valence-electron chi connectivity index (χ1n) is 10.9. The topological polar surface area (TPSA) is 44.7 Å². The van der Waals surface area contributed by atoms with Gasteiger partial charge < -0.3 is 10.2 Å². The molecule has 4 saturated carbocycles. The largest absolute Gasteiger partial charge is 0.359 e. The van der Waals surface area contributed by atoms with Crippen molar-refractivity contribution in [2.24, 2.45) is 28.2 Å². The van der Waals surface area contributed by atoms with Crippen LogP contribution >= 0.6 is 11.6 Å². The number of benzene rings is 1. The van der Waals surface area contributed by atoms with Crippen LogP contribution in [0.1, 0.15) is 60.9 Å². The van der Waals surface area contributed by atoms with Gasteiger partial charge in [0.1, 0.15) is 0 Å². The van der Waals surface area contributed by atoms with Crippen molar-refractivity contribution in [1.82, 2.24) is 10.2 Å². The van der Waals surface area contributed by atoms with Crippen LogP contribution in [-0.2, 0) is 6.54 Å². The maximum absolute atomic E-state index is 13.0. The van der Waals surface area contributed by atoms with Crippen molar-refractivity contribution < 1.29 is 4.79 Å². The van der Waals surface area contributed by atoms with Crippen molar-refractivity contribution in [3.05, 3.63) is 34.3 Å². The lowest BCUT2D eigenvalue weighted by Gasteiger charge is -2.56. The van der Waals surface area contributed by atoms with E-state index in [0.717, 1.165) is 55.9 Å². The smallest absolute Gasteiger partial charge is 0.252 e. The Morgan fingerprint density at radius 3 is 2.54 bits per heavy atom. The average molecular weight is 400 g/mol. The van der Waals surface area contributed by atoms with E-state index >= 15 is 0 Å². The molecule has 4 aliphatic carbocycles. The van der Waals surface area contributed by atoms with Crippen LogP contribution in [-0.4, -0.2) is 36.8 Å². The summed E-state index contributed by atoms with van der Waals surface area (Å²) in [6.07, 6.45) is 11.2. The minimum atomic E-state index is -0.0186. The Labute approximate surface area is 172 Å². The molecule has 1 amide bonds. The van der Waals surface area contributed by atoms with E-state index in [1.165, 1.54) is 38.5 Å². The van der Waals surface area contributed by atoms with Gasteiger partial charge in [-0.1, -0.05) is 17.7 Å². The summed E-state index contributed by atoms with van der Waals surface area (Å²) >= 11 is 6.39. The number of halogens is 1. The van der Waals surface area contributed by atoms with E-state index in [-0.39, 0.29) is 5.91 Å². The molecule has 0 atom stereocenters. The molecule has 6 rings (SSSR count). The van der Waals surface area contributed by atoms with E-state index in [4.69, 9.17) is 11.6 Å². The van der Waals surface area contributed by atoms with Crippen molar-refractivity contribution in [1.29, 1.82) is 0 Å². The average Bonchev–Trinajstić information content (AvgIpc) is 2.67. The molecule has 0 spiro atoms. The number of amides is 1. The van der Waals surface area contributed by atoms with Crippen LogP contribution in [0.25, 0.3) is 0 Å². The van der Waals surface area contributed by atoms with Gasteiger partial charge in [-0.2, -0.15) is 0 Å². The van der Waals surface area contributed by atoms with Gasteiger partial charge in [0.05, 0.1) is 16.9 Å². The van der Waals surface area contributed by atoms with E-state index in [9.17, 15) is 4.79 Å². The van der Waals surface area contributed by atoms with Crippen LogP contribution in [0, 0.1) is 23.2 Å². The van der Waals surface area contributed by atoms with Crippen molar-refractivity contribution in [2.45, 2.75) is 51.5 Å². The number of nitrogens with one attached hydrogen (secondary N) is 1. The normalized spacial score (nSPS) is 33.3. The van der Waals surface area contributed by atoms with Crippen LogP contribution in [0.2, 0.25) is 5.02 Å². The molecule has 4 nitrogen and oxygen atoms in total. The van der Waals surface area contributed by atoms with E-state index in [2.05, 4.69) is 15.2 Å². The summed E-state index contributed by atoms with van der Waals surface area (Å²) < 4.78 is 0. The molecule has 0 radical (unpaired) electrons. The zero-order chi connectivity index (χ0) is 19.1. The monoisotopic (exact) mass is 399 g/mol. The van der Waals surface area contributed by atoms with E-state index < -0.39 is 0 Å². The summed E-state index contributed by atoms with van der Waals surface area (Å²) in [5.41, 5.74) is 2.06. The molecule has 28 heavy (non-hydrogen) atoms. The second kappa shape index (κ2) is 7.37. The van der Waals surface area contributed by atoms with Gasteiger partial charge in [-0.3, -0.25) is 9.79 Å². The third kappa shape index (κ3) is 3.68. The van der Waals surface area contributed by atoms with Crippen LogP contribution < -0.4 is 5.32 Å². The maximum atomic E-state index is 13.0. The number of carbonyl (C=O) groups excluding carboxylic acids is 1. The Bertz CT molecular complexity index is 755. The fourth-order valence-corrected chi connectivity index (χ4v) is 6.87. The molecule has 5 aliphatic rings. The lowest BCUT2D eigenvalue weighted by molar-refractivity contribution is -0.0503. The molecule has 4 bridgehead atoms. The predicted octanol–water partition coefficient (Wildman–Crippen LogP) is 4.52. The van der Waals surface area contributed by atoms with Crippen LogP contribution in [0.4, 0.5) is 0 Å². The number of carbonyl (C=O) groups is 1. The van der Waals surface area contributed by atoms with E-state index in [1.807, 2.05) is 24.5 Å². The van der Waals surface area contributed by atoms with Gasteiger partial charge >= 0.3 is 0 Å². The molecule has 0 saturated heterocycles. The summed E-state index contributed by atoms with van der Waals surface area (Å²) in [6.45, 7) is 3.51. The zero-order valence-corrected chi connectivity index (χ0v) is 17.3. The Kier molecular flexibility index (Phi) is 4.86. The minimum Gasteiger partial charge on any atom is -0.359 e. The molecule has 1 aromatic rings. The molecular weight excluding hydrogens is 370 g/mol. The highest BCUT2D eigenvalue weighted by Gasteiger charge is 2.50. The summed E-state index contributed by atoms with van der Waals surface area (Å²) in [7, 11) is 0. The number of aliphatic imine (C=N–C) groups is 1. The highest BCUT2D eigenvalue weighted by Crippen LogP contribution is 2.59. The second-order valence-corrected chi connectivity index (χ2v) is 10.2. The molecule has 1 aromatic carbocycles. The van der Waals surface area contributed by atoms with Crippen molar-refractivity contribution in [3.63, 3.8) is 0 Å². The third-order valence-corrected chi connectivity index (χ3v) is 7.76. The van der Waals surface area contributed by atoms with Gasteiger partial charge in [-0.05, 0) is 85.8 Å². The first-order chi connectivity index (χ1) is 13.6. The standard InChI is InChI=1S/C23H30ClN3O/c24-21-3-2-16(13-27-5-1-4-25-15-27)9-20(21)22(28)26-14-23-10-17-6-18(11-23)8-19(7-17)12-23/h2-3,9,15,17-19H,1,4-8,10-14H2,(H,26,28). The van der Waals surface area contributed by atoms with Crippen molar-refractivity contribution in [3.8, 4) is 0 Å². The summed E-state index contributed by atoms with van der Waals surface area (Å²) in [6, 6.07) is 5.83. The summed E-state index contributed by atoms with van der Waals surface area (Å²) in [5.74, 6) is 2.69. The van der Waals surface area contributed by atoms with Gasteiger partial charge in [0.15, 0.2) is 0 Å². The van der Waals surface area contributed by atoms with Crippen LogP contribution in [0.5, 0.6) is 0 Å². The molecule has 150 valence electrons. The first kappa shape index (κ1) is 18.5. The highest BCUT2D eigenvalue weighted by atomic mass is 35.5. The molecule has 1 aliphatic heterocycles. The van der Waals surface area contributed by atoms with Gasteiger partial charge in [0.2, 0.25) is 0 Å². The fraction of sp³-hybridized carbons (Fsp3) is 0.652. The predicted molar refractivity (Wildman–Crippen MR) is 113 cm³/mol. The fourth-order valence-electron chi connectivity index (χ4n) is 6.66. The van der Waals surface area contributed by atoms with E-state index in [0.29, 0.717) is 16.0 Å².